The number of piperidine rings is 1. The molecule has 94 valence electrons. The first-order valence-corrected chi connectivity index (χ1v) is 6.70. The predicted molar refractivity (Wildman–Crippen MR) is 70.1 cm³/mol. The van der Waals surface area contributed by atoms with Gasteiger partial charge in [0.2, 0.25) is 0 Å². The third-order valence-corrected chi connectivity index (χ3v) is 3.76. The average molecular weight is 254 g/mol. The highest BCUT2D eigenvalue weighted by Crippen LogP contribution is 2.24. The van der Waals surface area contributed by atoms with E-state index in [0.717, 1.165) is 18.1 Å². The second-order valence-electron chi connectivity index (χ2n) is 5.05. The SMILES string of the molecule is Cc1cc(Cl)nc(CN2[C@H](C)CCC[C@@H]2C)n1. The first kappa shape index (κ1) is 12.8. The van der Waals surface area contributed by atoms with Crippen molar-refractivity contribution in [2.75, 3.05) is 0 Å². The Labute approximate surface area is 108 Å². The van der Waals surface area contributed by atoms with Gasteiger partial charge in [-0.25, -0.2) is 9.97 Å². The van der Waals surface area contributed by atoms with Gasteiger partial charge in [-0.05, 0) is 39.7 Å². The monoisotopic (exact) mass is 253 g/mol. The normalized spacial score (nSPS) is 26.1. The quantitative estimate of drug-likeness (QED) is 0.758. The third-order valence-electron chi connectivity index (χ3n) is 3.57. The van der Waals surface area contributed by atoms with Crippen LogP contribution in [0.1, 0.15) is 44.6 Å². The zero-order chi connectivity index (χ0) is 12.4. The third kappa shape index (κ3) is 3.17. The summed E-state index contributed by atoms with van der Waals surface area (Å²) in [6, 6.07) is 3.02. The molecule has 17 heavy (non-hydrogen) atoms. The summed E-state index contributed by atoms with van der Waals surface area (Å²) in [7, 11) is 0. The largest absolute Gasteiger partial charge is 0.291 e. The van der Waals surface area contributed by atoms with Crippen LogP contribution in [0.4, 0.5) is 0 Å². The van der Waals surface area contributed by atoms with Crippen molar-refractivity contribution in [1.82, 2.24) is 14.9 Å². The Bertz CT molecular complexity index is 364. The Balaban J connectivity index is 2.13. The number of hydrogen-bond donors (Lipinski definition) is 0. The zero-order valence-corrected chi connectivity index (χ0v) is 11.5. The smallest absolute Gasteiger partial charge is 0.144 e. The van der Waals surface area contributed by atoms with Crippen LogP contribution >= 0.6 is 11.6 Å². The van der Waals surface area contributed by atoms with Crippen LogP contribution in [0.3, 0.4) is 0 Å². The molecule has 0 spiro atoms. The fourth-order valence-corrected chi connectivity index (χ4v) is 2.86. The van der Waals surface area contributed by atoms with Crippen LogP contribution in [0.15, 0.2) is 6.07 Å². The van der Waals surface area contributed by atoms with E-state index in [9.17, 15) is 0 Å². The first-order chi connectivity index (χ1) is 8.06. The minimum atomic E-state index is 0.546. The van der Waals surface area contributed by atoms with Crippen LogP contribution in [0.25, 0.3) is 0 Å². The summed E-state index contributed by atoms with van der Waals surface area (Å²) in [5, 5.41) is 0.546. The molecule has 1 aliphatic heterocycles. The summed E-state index contributed by atoms with van der Waals surface area (Å²) >= 11 is 5.97. The lowest BCUT2D eigenvalue weighted by atomic mass is 9.97. The highest BCUT2D eigenvalue weighted by atomic mass is 35.5. The molecule has 1 aromatic rings. The summed E-state index contributed by atoms with van der Waals surface area (Å²) in [5.41, 5.74) is 0.942. The van der Waals surface area contributed by atoms with Crippen LogP contribution in [0.2, 0.25) is 5.15 Å². The van der Waals surface area contributed by atoms with E-state index in [1.165, 1.54) is 19.3 Å². The maximum atomic E-state index is 5.97. The Morgan fingerprint density at radius 3 is 2.53 bits per heavy atom. The van der Waals surface area contributed by atoms with Crippen LogP contribution in [-0.2, 0) is 6.54 Å². The maximum Gasteiger partial charge on any atom is 0.144 e. The van der Waals surface area contributed by atoms with Gasteiger partial charge >= 0.3 is 0 Å². The van der Waals surface area contributed by atoms with Crippen molar-refractivity contribution in [2.45, 2.75) is 58.7 Å². The second kappa shape index (κ2) is 5.32. The molecule has 1 fully saturated rings. The van der Waals surface area contributed by atoms with Crippen LogP contribution in [0.5, 0.6) is 0 Å². The van der Waals surface area contributed by atoms with Crippen LogP contribution < -0.4 is 0 Å². The van der Waals surface area contributed by atoms with Gasteiger partial charge in [0.25, 0.3) is 0 Å². The average Bonchev–Trinajstić information content (AvgIpc) is 2.22. The number of rotatable bonds is 2. The molecule has 0 bridgehead atoms. The van der Waals surface area contributed by atoms with Gasteiger partial charge in [-0.1, -0.05) is 18.0 Å². The Morgan fingerprint density at radius 1 is 1.29 bits per heavy atom. The molecule has 0 aromatic carbocycles. The molecule has 0 aliphatic carbocycles. The molecule has 3 nitrogen and oxygen atoms in total. The number of aromatic nitrogens is 2. The zero-order valence-electron chi connectivity index (χ0n) is 10.8. The lowest BCUT2D eigenvalue weighted by Gasteiger charge is -2.38. The van der Waals surface area contributed by atoms with Crippen molar-refractivity contribution in [3.8, 4) is 0 Å². The van der Waals surface area contributed by atoms with Gasteiger partial charge in [-0.15, -0.1) is 0 Å². The van der Waals surface area contributed by atoms with Crippen molar-refractivity contribution in [2.24, 2.45) is 0 Å². The molecule has 4 heteroatoms. The van der Waals surface area contributed by atoms with Gasteiger partial charge in [0.05, 0.1) is 6.54 Å². The van der Waals surface area contributed by atoms with E-state index in [1.807, 2.05) is 6.92 Å². The minimum Gasteiger partial charge on any atom is -0.291 e. The van der Waals surface area contributed by atoms with Crippen molar-refractivity contribution >= 4 is 11.6 Å². The molecule has 0 radical (unpaired) electrons. The van der Waals surface area contributed by atoms with Crippen LogP contribution in [0, 0.1) is 6.92 Å². The van der Waals surface area contributed by atoms with Gasteiger partial charge in [-0.3, -0.25) is 4.90 Å². The maximum absolute atomic E-state index is 5.97. The van der Waals surface area contributed by atoms with Gasteiger partial charge in [0.1, 0.15) is 11.0 Å². The van der Waals surface area contributed by atoms with Gasteiger partial charge in [-0.2, -0.15) is 0 Å². The molecule has 2 atom stereocenters. The second-order valence-corrected chi connectivity index (χ2v) is 5.44. The van der Waals surface area contributed by atoms with Crippen molar-refractivity contribution in [3.05, 3.63) is 22.7 Å². The van der Waals surface area contributed by atoms with Crippen molar-refractivity contribution in [1.29, 1.82) is 0 Å². The Hall–Kier alpha value is -0.670. The molecular weight excluding hydrogens is 234 g/mol. The van der Waals surface area contributed by atoms with E-state index in [1.54, 1.807) is 6.07 Å². The number of nitrogens with zero attached hydrogens (tertiary/aromatic N) is 3. The van der Waals surface area contributed by atoms with E-state index < -0.39 is 0 Å². The van der Waals surface area contributed by atoms with Crippen molar-refractivity contribution in [3.63, 3.8) is 0 Å². The van der Waals surface area contributed by atoms with E-state index in [0.29, 0.717) is 17.2 Å². The number of halogens is 1. The van der Waals surface area contributed by atoms with E-state index in [4.69, 9.17) is 11.6 Å². The molecular formula is C13H20ClN3. The highest BCUT2D eigenvalue weighted by Gasteiger charge is 2.25. The molecule has 2 heterocycles. The summed E-state index contributed by atoms with van der Waals surface area (Å²) in [6.45, 7) is 7.34. The Kier molecular flexibility index (Phi) is 4.00. The molecule has 0 saturated carbocycles. The number of likely N-dealkylation sites (tertiary alicyclic amines) is 1. The van der Waals surface area contributed by atoms with E-state index >= 15 is 0 Å². The van der Waals surface area contributed by atoms with Gasteiger partial charge in [0, 0.05) is 17.8 Å². The Morgan fingerprint density at radius 2 is 1.94 bits per heavy atom. The van der Waals surface area contributed by atoms with Crippen LogP contribution in [-0.4, -0.2) is 27.0 Å². The summed E-state index contributed by atoms with van der Waals surface area (Å²) in [6.07, 6.45) is 3.86. The van der Waals surface area contributed by atoms with Crippen molar-refractivity contribution < 1.29 is 0 Å². The molecule has 1 aliphatic rings. The molecule has 0 unspecified atom stereocenters. The minimum absolute atomic E-state index is 0.546. The molecule has 0 N–H and O–H groups in total. The standard InChI is InChI=1S/C13H20ClN3/c1-9-7-12(14)16-13(15-9)8-17-10(2)5-4-6-11(17)3/h7,10-11H,4-6,8H2,1-3H3/t10-,11+. The summed E-state index contributed by atoms with van der Waals surface area (Å²) < 4.78 is 0. The lowest BCUT2D eigenvalue weighted by molar-refractivity contribution is 0.0922. The molecule has 2 rings (SSSR count). The van der Waals surface area contributed by atoms with E-state index in [2.05, 4.69) is 28.7 Å². The topological polar surface area (TPSA) is 29.0 Å². The number of hydrogen-bond acceptors (Lipinski definition) is 3. The highest BCUT2D eigenvalue weighted by molar-refractivity contribution is 6.29. The number of aryl methyl sites for hydroxylation is 1. The van der Waals surface area contributed by atoms with E-state index in [-0.39, 0.29) is 0 Å². The molecule has 1 saturated heterocycles. The summed E-state index contributed by atoms with van der Waals surface area (Å²) in [5.74, 6) is 0.843. The fraction of sp³-hybridized carbons (Fsp3) is 0.692. The molecule has 0 amide bonds. The predicted octanol–water partition coefficient (Wildman–Crippen LogP) is 3.20. The fourth-order valence-electron chi connectivity index (χ4n) is 2.61. The van der Waals surface area contributed by atoms with Gasteiger partial charge < -0.3 is 0 Å². The summed E-state index contributed by atoms with van der Waals surface area (Å²) in [4.78, 5) is 11.3. The molecule has 1 aromatic heterocycles. The van der Waals surface area contributed by atoms with Gasteiger partial charge in [0.15, 0.2) is 0 Å². The lowest BCUT2D eigenvalue weighted by Crippen LogP contribution is -2.43. The first-order valence-electron chi connectivity index (χ1n) is 6.32.